The van der Waals surface area contributed by atoms with Crippen molar-refractivity contribution >= 4 is 15.9 Å². The van der Waals surface area contributed by atoms with E-state index in [9.17, 15) is 31.5 Å². The summed E-state index contributed by atoms with van der Waals surface area (Å²) < 4.78 is 69.8. The Kier molecular flexibility index (Phi) is 8.65. The lowest BCUT2D eigenvalue weighted by Crippen LogP contribution is -2.35. The molecule has 30 heavy (non-hydrogen) atoms. The average molecular weight is 451 g/mol. The van der Waals surface area contributed by atoms with Crippen LogP contribution < -0.4 is 14.8 Å². The van der Waals surface area contributed by atoms with Gasteiger partial charge in [0.15, 0.2) is 17.9 Å². The number of carbonyl (C=O) groups is 1. The molecule has 1 heterocycles. The summed E-state index contributed by atoms with van der Waals surface area (Å²) >= 11 is 0. The van der Waals surface area contributed by atoms with Gasteiger partial charge in [-0.1, -0.05) is 18.2 Å². The van der Waals surface area contributed by atoms with Crippen LogP contribution in [-0.2, 0) is 14.8 Å². The second kappa shape index (κ2) is 10.8. The first-order valence-electron chi connectivity index (χ1n) is 9.14. The van der Waals surface area contributed by atoms with E-state index in [4.69, 9.17) is 4.74 Å². The molecule has 1 aliphatic rings. The van der Waals surface area contributed by atoms with Crippen molar-refractivity contribution in [3.63, 3.8) is 0 Å². The lowest BCUT2D eigenvalue weighted by atomic mass is 10.1. The number of nitrogens with one attached hydrogen (secondary N) is 2. The number of aliphatic hydroxyl groups is 1. The Bertz CT molecular complexity index is 867. The van der Waals surface area contributed by atoms with Crippen molar-refractivity contribution in [3.05, 3.63) is 41.7 Å². The van der Waals surface area contributed by atoms with Crippen LogP contribution >= 0.6 is 0 Å². The monoisotopic (exact) mass is 451 g/mol. The Morgan fingerprint density at radius 3 is 2.77 bits per heavy atom. The predicted octanol–water partition coefficient (Wildman–Crippen LogP) is 1.10. The molecule has 0 aromatic heterocycles. The van der Waals surface area contributed by atoms with E-state index in [1.807, 2.05) is 0 Å². The van der Waals surface area contributed by atoms with E-state index in [1.165, 1.54) is 24.0 Å². The number of halogens is 3. The molecule has 8 nitrogen and oxygen atoms in total. The molecule has 0 spiro atoms. The highest BCUT2D eigenvalue weighted by molar-refractivity contribution is 7.89. The lowest BCUT2D eigenvalue weighted by molar-refractivity contribution is -0.119. The second-order valence-corrected chi connectivity index (χ2v) is 8.55. The molecule has 0 aliphatic carbocycles. The first-order chi connectivity index (χ1) is 14.1. The standard InChI is InChI=1S/C18H24F3N3O5S/c1-12(13-5-6-14(19)15(9-13)29-11-16(20)21)23-30(27,28)8-4-2-3-7-24-10-17(25)22-18(24)26/h2-3,5-6,9,12,16,18,23,26H,4,7-8,10-11H2,1H3,(H,22,25)/b3-2+/t12-,18?/m1/s1. The van der Waals surface area contributed by atoms with Crippen LogP contribution in [0.2, 0.25) is 0 Å². The molecular formula is C18H24F3N3O5S. The number of benzene rings is 1. The first-order valence-corrected chi connectivity index (χ1v) is 10.8. The zero-order valence-electron chi connectivity index (χ0n) is 16.2. The Morgan fingerprint density at radius 1 is 1.40 bits per heavy atom. The van der Waals surface area contributed by atoms with E-state index in [-0.39, 0.29) is 36.9 Å². The van der Waals surface area contributed by atoms with Gasteiger partial charge in [0.05, 0.1) is 12.3 Å². The van der Waals surface area contributed by atoms with Gasteiger partial charge >= 0.3 is 0 Å². The van der Waals surface area contributed by atoms with E-state index in [0.29, 0.717) is 5.56 Å². The SMILES string of the molecule is C[C@@H](NS(=O)(=O)CC/C=C/CN1CC(=O)NC1O)c1ccc(F)c(OCC(F)F)c1. The Hall–Kier alpha value is -2.15. The van der Waals surface area contributed by atoms with Crippen LogP contribution in [0.4, 0.5) is 13.2 Å². The molecule has 0 saturated carbocycles. The fraction of sp³-hybridized carbons (Fsp3) is 0.500. The minimum absolute atomic E-state index is 0.0591. The Labute approximate surface area is 172 Å². The zero-order chi connectivity index (χ0) is 22.3. The maximum absolute atomic E-state index is 13.7. The molecule has 1 fully saturated rings. The number of rotatable bonds is 11. The third kappa shape index (κ3) is 7.59. The number of alkyl halides is 2. The second-order valence-electron chi connectivity index (χ2n) is 6.68. The molecule has 1 aliphatic heterocycles. The normalized spacial score (nSPS) is 18.9. The smallest absolute Gasteiger partial charge is 0.272 e. The Morgan fingerprint density at radius 2 is 2.13 bits per heavy atom. The lowest BCUT2D eigenvalue weighted by Gasteiger charge is -2.16. The number of amides is 1. The molecule has 1 saturated heterocycles. The highest BCUT2D eigenvalue weighted by Gasteiger charge is 2.26. The summed E-state index contributed by atoms with van der Waals surface area (Å²) in [5.41, 5.74) is 0.361. The van der Waals surface area contributed by atoms with Crippen molar-refractivity contribution in [1.29, 1.82) is 0 Å². The summed E-state index contributed by atoms with van der Waals surface area (Å²) in [6.45, 7) is 0.909. The van der Waals surface area contributed by atoms with Gasteiger partial charge in [0.25, 0.3) is 6.43 Å². The van der Waals surface area contributed by atoms with Crippen molar-refractivity contribution in [2.45, 2.75) is 32.2 Å². The van der Waals surface area contributed by atoms with Crippen LogP contribution in [0.3, 0.4) is 0 Å². The van der Waals surface area contributed by atoms with Gasteiger partial charge in [-0.05, 0) is 31.0 Å². The van der Waals surface area contributed by atoms with Crippen LogP contribution in [0.25, 0.3) is 0 Å². The molecule has 1 amide bonds. The maximum atomic E-state index is 13.7. The van der Waals surface area contributed by atoms with Gasteiger partial charge in [-0.2, -0.15) is 0 Å². The molecule has 1 aromatic carbocycles. The number of sulfonamides is 1. The van der Waals surface area contributed by atoms with Crippen molar-refractivity contribution in [2.75, 3.05) is 25.4 Å². The molecule has 168 valence electrons. The molecule has 1 unspecified atom stereocenters. The van der Waals surface area contributed by atoms with Gasteiger partial charge in [-0.15, -0.1) is 0 Å². The van der Waals surface area contributed by atoms with Crippen LogP contribution in [0, 0.1) is 5.82 Å². The van der Waals surface area contributed by atoms with E-state index in [0.717, 1.165) is 6.07 Å². The summed E-state index contributed by atoms with van der Waals surface area (Å²) in [6, 6.07) is 2.82. The highest BCUT2D eigenvalue weighted by Crippen LogP contribution is 2.24. The number of hydrogen-bond acceptors (Lipinski definition) is 6. The fourth-order valence-electron chi connectivity index (χ4n) is 2.72. The minimum Gasteiger partial charge on any atom is -0.485 e. The van der Waals surface area contributed by atoms with E-state index >= 15 is 0 Å². The van der Waals surface area contributed by atoms with Gasteiger partial charge in [0.2, 0.25) is 15.9 Å². The van der Waals surface area contributed by atoms with E-state index < -0.39 is 41.3 Å². The van der Waals surface area contributed by atoms with E-state index in [1.54, 1.807) is 12.2 Å². The average Bonchev–Trinajstić information content (AvgIpc) is 2.97. The van der Waals surface area contributed by atoms with Crippen LogP contribution in [0.1, 0.15) is 24.9 Å². The van der Waals surface area contributed by atoms with Gasteiger partial charge in [0, 0.05) is 12.6 Å². The predicted molar refractivity (Wildman–Crippen MR) is 103 cm³/mol. The third-order valence-corrected chi connectivity index (χ3v) is 5.70. The largest absolute Gasteiger partial charge is 0.485 e. The first kappa shape index (κ1) is 24.1. The molecular weight excluding hydrogens is 427 g/mol. The number of hydrogen-bond donors (Lipinski definition) is 3. The summed E-state index contributed by atoms with van der Waals surface area (Å²) in [6.07, 6.45) is -0.358. The third-order valence-electron chi connectivity index (χ3n) is 4.22. The topological polar surface area (TPSA) is 108 Å². The molecule has 3 N–H and O–H groups in total. The van der Waals surface area contributed by atoms with Crippen LogP contribution in [0.5, 0.6) is 5.75 Å². The van der Waals surface area contributed by atoms with Gasteiger partial charge in [0.1, 0.15) is 6.61 Å². The molecule has 0 bridgehead atoms. The molecule has 1 aromatic rings. The van der Waals surface area contributed by atoms with Crippen molar-refractivity contribution < 1.29 is 36.2 Å². The number of nitrogens with zero attached hydrogens (tertiary/aromatic N) is 1. The summed E-state index contributed by atoms with van der Waals surface area (Å²) in [7, 11) is -3.68. The summed E-state index contributed by atoms with van der Waals surface area (Å²) in [4.78, 5) is 12.6. The van der Waals surface area contributed by atoms with E-state index in [2.05, 4.69) is 10.0 Å². The van der Waals surface area contributed by atoms with Crippen molar-refractivity contribution in [2.24, 2.45) is 0 Å². The molecule has 2 atom stereocenters. The quantitative estimate of drug-likeness (QED) is 0.435. The number of allylic oxidation sites excluding steroid dienone is 1. The number of carbonyl (C=O) groups excluding carboxylic acids is 1. The summed E-state index contributed by atoms with van der Waals surface area (Å²) in [5, 5.41) is 11.9. The fourth-order valence-corrected chi connectivity index (χ4v) is 3.96. The molecule has 2 rings (SSSR count). The highest BCUT2D eigenvalue weighted by atomic mass is 32.2. The van der Waals surface area contributed by atoms with Gasteiger partial charge < -0.3 is 15.2 Å². The molecule has 0 radical (unpaired) electrons. The van der Waals surface area contributed by atoms with Crippen molar-refractivity contribution in [3.8, 4) is 5.75 Å². The zero-order valence-corrected chi connectivity index (χ0v) is 17.0. The Balaban J connectivity index is 1.85. The van der Waals surface area contributed by atoms with Crippen LogP contribution in [0.15, 0.2) is 30.4 Å². The van der Waals surface area contributed by atoms with Crippen molar-refractivity contribution in [1.82, 2.24) is 14.9 Å². The van der Waals surface area contributed by atoms with Gasteiger partial charge in [-0.25, -0.2) is 31.2 Å². The van der Waals surface area contributed by atoms with Crippen LogP contribution in [-0.4, -0.2) is 62.6 Å². The number of aliphatic hydroxyl groups excluding tert-OH is 1. The number of ether oxygens (including phenoxy) is 1. The van der Waals surface area contributed by atoms with Gasteiger partial charge in [-0.3, -0.25) is 4.79 Å². The minimum atomic E-state index is -3.68. The summed E-state index contributed by atoms with van der Waals surface area (Å²) in [5.74, 6) is -1.71. The maximum Gasteiger partial charge on any atom is 0.272 e. The molecule has 12 heteroatoms.